The summed E-state index contributed by atoms with van der Waals surface area (Å²) in [7, 11) is 3.75. The Kier molecular flexibility index (Phi) is 7.74. The van der Waals surface area contributed by atoms with Gasteiger partial charge in [0.2, 0.25) is 0 Å². The minimum atomic E-state index is -1.92. The molecular weight excluding hydrogens is 544 g/mol. The van der Waals surface area contributed by atoms with Gasteiger partial charge in [-0.15, -0.1) is 0 Å². The van der Waals surface area contributed by atoms with Gasteiger partial charge in [0, 0.05) is 21.7 Å². The second-order valence-electron chi connectivity index (χ2n) is 9.96. The molecule has 0 saturated carbocycles. The van der Waals surface area contributed by atoms with Crippen molar-refractivity contribution in [2.45, 2.75) is 24.4 Å². The predicted molar refractivity (Wildman–Crippen MR) is 153 cm³/mol. The summed E-state index contributed by atoms with van der Waals surface area (Å²) in [5, 5.41) is 0.499. The van der Waals surface area contributed by atoms with Gasteiger partial charge in [0.1, 0.15) is 5.76 Å². The van der Waals surface area contributed by atoms with Crippen molar-refractivity contribution < 1.29 is 33.3 Å². The lowest BCUT2D eigenvalue weighted by molar-refractivity contribution is -0.178. The number of fused-ring (bicyclic) bond motifs is 1. The molecule has 0 amide bonds. The van der Waals surface area contributed by atoms with Gasteiger partial charge < -0.3 is 18.9 Å². The van der Waals surface area contributed by atoms with Gasteiger partial charge in [-0.25, -0.2) is 0 Å². The molecule has 7 nitrogen and oxygen atoms in total. The van der Waals surface area contributed by atoms with Crippen LogP contribution >= 0.6 is 11.6 Å². The average molecular weight is 573 g/mol. The Morgan fingerprint density at radius 3 is 1.98 bits per heavy atom. The summed E-state index contributed by atoms with van der Waals surface area (Å²) in [5.41, 5.74) is -0.156. The maximum atomic E-state index is 14.0. The van der Waals surface area contributed by atoms with E-state index in [9.17, 15) is 14.4 Å². The van der Waals surface area contributed by atoms with Gasteiger partial charge >= 0.3 is 17.9 Å². The van der Waals surface area contributed by atoms with E-state index in [1.54, 1.807) is 24.3 Å². The third kappa shape index (κ3) is 4.60. The van der Waals surface area contributed by atoms with E-state index in [0.29, 0.717) is 33.1 Å². The molecule has 210 valence electrons. The molecule has 0 bridgehead atoms. The SMILES string of the molecule is COC(=O)CC1=C2C=C(c3ccccc3)O[C@]2(c2ccc(Cl)cc2)[C@H](c2ccccc2)C(C(=O)OC)(C(=O)OC)C1. The summed E-state index contributed by atoms with van der Waals surface area (Å²) in [6.45, 7) is 0. The van der Waals surface area contributed by atoms with Crippen molar-refractivity contribution in [3.05, 3.63) is 124 Å². The van der Waals surface area contributed by atoms with E-state index >= 15 is 0 Å². The Labute approximate surface area is 243 Å². The monoisotopic (exact) mass is 572 g/mol. The fraction of sp³-hybridized carbons (Fsp3) is 0.242. The lowest BCUT2D eigenvalue weighted by Gasteiger charge is -2.51. The zero-order chi connectivity index (χ0) is 29.2. The number of carbonyl (C=O) groups excluding carboxylic acids is 3. The van der Waals surface area contributed by atoms with Crippen LogP contribution in [0.25, 0.3) is 5.76 Å². The Balaban J connectivity index is 1.93. The Bertz CT molecular complexity index is 1510. The van der Waals surface area contributed by atoms with Crippen LogP contribution in [0.15, 0.2) is 102 Å². The van der Waals surface area contributed by atoms with Crippen molar-refractivity contribution >= 4 is 35.3 Å². The van der Waals surface area contributed by atoms with Gasteiger partial charge in [0.25, 0.3) is 0 Å². The molecule has 1 aliphatic carbocycles. The third-order valence-corrected chi connectivity index (χ3v) is 8.12. The highest BCUT2D eigenvalue weighted by Gasteiger charge is 2.69. The number of rotatable bonds is 7. The molecule has 0 fully saturated rings. The van der Waals surface area contributed by atoms with Crippen molar-refractivity contribution in [3.8, 4) is 0 Å². The van der Waals surface area contributed by atoms with Crippen LogP contribution in [0.4, 0.5) is 0 Å². The zero-order valence-corrected chi connectivity index (χ0v) is 23.6. The number of hydrogen-bond acceptors (Lipinski definition) is 7. The van der Waals surface area contributed by atoms with Crippen molar-refractivity contribution in [3.63, 3.8) is 0 Å². The molecule has 1 heterocycles. The van der Waals surface area contributed by atoms with E-state index in [-0.39, 0.29) is 12.8 Å². The van der Waals surface area contributed by atoms with Gasteiger partial charge in [0.15, 0.2) is 11.0 Å². The summed E-state index contributed by atoms with van der Waals surface area (Å²) in [5.74, 6) is -2.58. The Morgan fingerprint density at radius 1 is 0.829 bits per heavy atom. The third-order valence-electron chi connectivity index (χ3n) is 7.87. The maximum Gasteiger partial charge on any atom is 0.324 e. The fourth-order valence-corrected chi connectivity index (χ4v) is 6.30. The van der Waals surface area contributed by atoms with Gasteiger partial charge in [0.05, 0.1) is 33.7 Å². The lowest BCUT2D eigenvalue weighted by Crippen LogP contribution is -2.57. The van der Waals surface area contributed by atoms with E-state index in [4.69, 9.17) is 30.5 Å². The molecule has 0 N–H and O–H groups in total. The highest BCUT2D eigenvalue weighted by Crippen LogP contribution is 2.65. The van der Waals surface area contributed by atoms with Crippen LogP contribution in [0.5, 0.6) is 0 Å². The molecule has 0 aromatic heterocycles. The number of esters is 3. The van der Waals surface area contributed by atoms with Crippen LogP contribution in [0.2, 0.25) is 5.02 Å². The summed E-state index contributed by atoms with van der Waals surface area (Å²) in [4.78, 5) is 40.8. The first-order valence-electron chi connectivity index (χ1n) is 13.0. The van der Waals surface area contributed by atoms with Crippen LogP contribution in [-0.4, -0.2) is 39.2 Å². The van der Waals surface area contributed by atoms with Gasteiger partial charge in [-0.05, 0) is 35.8 Å². The molecule has 2 aliphatic rings. The van der Waals surface area contributed by atoms with Crippen molar-refractivity contribution in [2.24, 2.45) is 5.41 Å². The summed E-state index contributed by atoms with van der Waals surface area (Å²) in [6.07, 6.45) is 1.56. The minimum Gasteiger partial charge on any atom is -0.476 e. The molecule has 8 heteroatoms. The molecule has 0 saturated heterocycles. The second-order valence-corrected chi connectivity index (χ2v) is 10.4. The van der Waals surface area contributed by atoms with E-state index in [1.807, 2.05) is 66.7 Å². The first kappa shape index (κ1) is 28.2. The molecule has 2 atom stereocenters. The van der Waals surface area contributed by atoms with Crippen LogP contribution in [-0.2, 0) is 38.9 Å². The van der Waals surface area contributed by atoms with Gasteiger partial charge in [-0.3, -0.25) is 14.4 Å². The van der Waals surface area contributed by atoms with Gasteiger partial charge in [-0.1, -0.05) is 84.4 Å². The number of halogens is 1. The van der Waals surface area contributed by atoms with Crippen molar-refractivity contribution in [1.82, 2.24) is 0 Å². The Morgan fingerprint density at radius 2 is 1.41 bits per heavy atom. The summed E-state index contributed by atoms with van der Waals surface area (Å²) in [6, 6.07) is 25.8. The number of carbonyl (C=O) groups is 3. The first-order chi connectivity index (χ1) is 19.8. The van der Waals surface area contributed by atoms with E-state index in [1.165, 1.54) is 21.3 Å². The van der Waals surface area contributed by atoms with Crippen molar-refractivity contribution in [2.75, 3.05) is 21.3 Å². The molecule has 3 aromatic carbocycles. The van der Waals surface area contributed by atoms with Crippen LogP contribution < -0.4 is 0 Å². The number of benzene rings is 3. The lowest BCUT2D eigenvalue weighted by atomic mass is 9.53. The Hall–Kier alpha value is -4.36. The average Bonchev–Trinajstić information content (AvgIpc) is 3.42. The fourth-order valence-electron chi connectivity index (χ4n) is 6.18. The number of ether oxygens (including phenoxy) is 4. The molecule has 3 aromatic rings. The molecule has 0 unspecified atom stereocenters. The highest BCUT2D eigenvalue weighted by atomic mass is 35.5. The van der Waals surface area contributed by atoms with Crippen LogP contribution in [0.3, 0.4) is 0 Å². The van der Waals surface area contributed by atoms with E-state index < -0.39 is 34.8 Å². The molecule has 1 aliphatic heterocycles. The standard InChI is InChI=1S/C33H29ClO7/c1-38-28(35)18-23-20-32(30(36)39-2,31(37)40-3)29(22-12-8-5-9-13-22)33(24-14-16-25(34)17-15-24)26(23)19-27(41-33)21-10-6-4-7-11-21/h4-17,19,29H,18,20H2,1-3H3/t29-,33+/m1/s1. The molecular formula is C33H29ClO7. The molecule has 5 rings (SSSR count). The van der Waals surface area contributed by atoms with E-state index in [0.717, 1.165) is 5.56 Å². The van der Waals surface area contributed by atoms with E-state index in [2.05, 4.69) is 0 Å². The maximum absolute atomic E-state index is 14.0. The molecule has 41 heavy (non-hydrogen) atoms. The quantitative estimate of drug-likeness (QED) is 0.195. The normalized spacial score (nSPS) is 20.8. The number of hydrogen-bond donors (Lipinski definition) is 0. The molecule has 0 radical (unpaired) electrons. The minimum absolute atomic E-state index is 0.145. The highest BCUT2D eigenvalue weighted by molar-refractivity contribution is 6.30. The zero-order valence-electron chi connectivity index (χ0n) is 22.9. The van der Waals surface area contributed by atoms with Crippen LogP contribution in [0, 0.1) is 5.41 Å². The first-order valence-corrected chi connectivity index (χ1v) is 13.4. The summed E-state index contributed by atoms with van der Waals surface area (Å²) < 4.78 is 22.7. The van der Waals surface area contributed by atoms with Gasteiger partial charge in [-0.2, -0.15) is 0 Å². The summed E-state index contributed by atoms with van der Waals surface area (Å²) >= 11 is 6.31. The topological polar surface area (TPSA) is 88.1 Å². The van der Waals surface area contributed by atoms with Crippen LogP contribution in [0.1, 0.15) is 35.4 Å². The second kappa shape index (κ2) is 11.3. The predicted octanol–water partition coefficient (Wildman–Crippen LogP) is 5.99. The number of methoxy groups -OCH3 is 3. The smallest absolute Gasteiger partial charge is 0.324 e. The molecule has 0 spiro atoms. The van der Waals surface area contributed by atoms with Crippen molar-refractivity contribution in [1.29, 1.82) is 0 Å². The largest absolute Gasteiger partial charge is 0.476 e.